The zero-order valence-electron chi connectivity index (χ0n) is 18.4. The van der Waals surface area contributed by atoms with Crippen LogP contribution < -0.4 is 5.32 Å². The summed E-state index contributed by atoms with van der Waals surface area (Å²) >= 11 is 0. The molecular weight excluding hydrogens is 424 g/mol. The Morgan fingerprint density at radius 1 is 0.735 bits per heavy atom. The fourth-order valence-electron chi connectivity index (χ4n) is 4.14. The number of carbonyl (C=O) groups excluding carboxylic acids is 1. The zero-order valence-corrected chi connectivity index (χ0v) is 18.4. The van der Waals surface area contributed by atoms with Gasteiger partial charge in [0.15, 0.2) is 11.3 Å². The van der Waals surface area contributed by atoms with E-state index >= 15 is 0 Å². The van der Waals surface area contributed by atoms with Crippen molar-refractivity contribution in [1.29, 1.82) is 0 Å². The molecule has 0 aliphatic heterocycles. The molecule has 34 heavy (non-hydrogen) atoms. The van der Waals surface area contributed by atoms with Crippen molar-refractivity contribution in [2.75, 3.05) is 5.32 Å². The summed E-state index contributed by atoms with van der Waals surface area (Å²) in [6.07, 6.45) is 0. The van der Waals surface area contributed by atoms with Gasteiger partial charge in [-0.05, 0) is 54.4 Å². The van der Waals surface area contributed by atoms with Gasteiger partial charge in [-0.25, -0.2) is 4.98 Å². The van der Waals surface area contributed by atoms with Gasteiger partial charge in [0.05, 0.1) is 0 Å². The van der Waals surface area contributed by atoms with E-state index in [9.17, 15) is 4.79 Å². The Morgan fingerprint density at radius 2 is 1.44 bits per heavy atom. The Labute approximate surface area is 195 Å². The lowest BCUT2D eigenvalue weighted by molar-refractivity contribution is 0.0998. The molecule has 0 saturated heterocycles. The van der Waals surface area contributed by atoms with Crippen LogP contribution in [0.15, 0.2) is 106 Å². The highest BCUT2D eigenvalue weighted by Crippen LogP contribution is 2.29. The van der Waals surface area contributed by atoms with Gasteiger partial charge in [0.2, 0.25) is 5.89 Å². The van der Waals surface area contributed by atoms with Crippen molar-refractivity contribution in [3.05, 3.63) is 108 Å². The number of anilines is 1. The number of carbonyl (C=O) groups is 1. The molecule has 0 atom stereocenters. The monoisotopic (exact) mass is 444 g/mol. The van der Waals surface area contributed by atoms with E-state index in [1.54, 1.807) is 12.1 Å². The largest absolute Gasteiger partial charge is 0.451 e. The predicted octanol–water partition coefficient (Wildman–Crippen LogP) is 7.47. The first-order chi connectivity index (χ1) is 16.7. The molecule has 6 aromatic rings. The predicted molar refractivity (Wildman–Crippen MR) is 134 cm³/mol. The molecule has 0 spiro atoms. The van der Waals surface area contributed by atoms with Crippen molar-refractivity contribution < 1.29 is 13.6 Å². The molecular formula is C29H20N2O3. The lowest BCUT2D eigenvalue weighted by Gasteiger charge is -2.03. The second-order valence-electron chi connectivity index (χ2n) is 8.15. The third-order valence-corrected chi connectivity index (χ3v) is 5.93. The van der Waals surface area contributed by atoms with Gasteiger partial charge < -0.3 is 14.2 Å². The normalized spacial score (nSPS) is 11.2. The first-order valence-corrected chi connectivity index (χ1v) is 11.0. The van der Waals surface area contributed by atoms with Crippen LogP contribution in [0.1, 0.15) is 16.1 Å². The number of furan rings is 1. The minimum absolute atomic E-state index is 0.298. The van der Waals surface area contributed by atoms with Gasteiger partial charge >= 0.3 is 0 Å². The van der Waals surface area contributed by atoms with E-state index in [0.717, 1.165) is 27.6 Å². The molecule has 1 N–H and O–H groups in total. The average Bonchev–Trinajstić information content (AvgIpc) is 3.46. The van der Waals surface area contributed by atoms with Gasteiger partial charge in [0.1, 0.15) is 11.1 Å². The number of amides is 1. The van der Waals surface area contributed by atoms with E-state index in [1.165, 1.54) is 0 Å². The van der Waals surface area contributed by atoms with Gasteiger partial charge in [-0.2, -0.15) is 0 Å². The molecule has 5 heteroatoms. The number of aryl methyl sites for hydroxylation is 1. The summed E-state index contributed by atoms with van der Waals surface area (Å²) in [5.74, 6) is 0.542. The maximum Gasteiger partial charge on any atom is 0.291 e. The maximum absolute atomic E-state index is 12.9. The summed E-state index contributed by atoms with van der Waals surface area (Å²) in [4.78, 5) is 17.5. The van der Waals surface area contributed by atoms with Gasteiger partial charge in [-0.15, -0.1) is 0 Å². The van der Waals surface area contributed by atoms with Crippen LogP contribution in [0.4, 0.5) is 5.69 Å². The van der Waals surface area contributed by atoms with Gasteiger partial charge in [-0.1, -0.05) is 60.7 Å². The molecule has 6 rings (SSSR count). The first kappa shape index (κ1) is 20.0. The van der Waals surface area contributed by atoms with Gasteiger partial charge in [0, 0.05) is 22.2 Å². The molecule has 5 nitrogen and oxygen atoms in total. The summed E-state index contributed by atoms with van der Waals surface area (Å²) in [7, 11) is 0. The number of fused-ring (bicyclic) bond motifs is 2. The number of para-hydroxylation sites is 1. The Kier molecular flexibility index (Phi) is 4.73. The topological polar surface area (TPSA) is 68.3 Å². The summed E-state index contributed by atoms with van der Waals surface area (Å²) in [5.41, 5.74) is 6.63. The molecule has 0 radical (unpaired) electrons. The van der Waals surface area contributed by atoms with E-state index in [-0.39, 0.29) is 5.91 Å². The highest BCUT2D eigenvalue weighted by Gasteiger charge is 2.18. The molecule has 0 aliphatic rings. The number of benzene rings is 4. The standard InChI is InChI=1S/C29H20N2O3/c1-18-23-9-5-6-10-25(23)33-27(18)28(32)30-22-15-16-26-24(17-22)31-29(34-26)21-13-11-20(12-14-21)19-7-3-2-4-8-19/h2-17H,1H3,(H,30,32). The van der Waals surface area contributed by atoms with E-state index in [0.29, 0.717) is 34.0 Å². The highest BCUT2D eigenvalue weighted by atomic mass is 16.4. The minimum atomic E-state index is -0.298. The Morgan fingerprint density at radius 3 is 2.24 bits per heavy atom. The van der Waals surface area contributed by atoms with E-state index in [2.05, 4.69) is 34.6 Å². The van der Waals surface area contributed by atoms with Crippen LogP contribution >= 0.6 is 0 Å². The van der Waals surface area contributed by atoms with Gasteiger partial charge in [-0.3, -0.25) is 4.79 Å². The van der Waals surface area contributed by atoms with Crippen LogP contribution in [0, 0.1) is 6.92 Å². The average molecular weight is 444 g/mol. The first-order valence-electron chi connectivity index (χ1n) is 11.0. The maximum atomic E-state index is 12.9. The van der Waals surface area contributed by atoms with Crippen LogP contribution in [0.25, 0.3) is 44.7 Å². The Hall–Kier alpha value is -4.64. The molecule has 4 aromatic carbocycles. The second-order valence-corrected chi connectivity index (χ2v) is 8.15. The molecule has 164 valence electrons. The quantitative estimate of drug-likeness (QED) is 0.306. The van der Waals surface area contributed by atoms with Crippen molar-refractivity contribution in [3.8, 4) is 22.6 Å². The van der Waals surface area contributed by atoms with Crippen LogP contribution in [0.5, 0.6) is 0 Å². The Bertz CT molecular complexity index is 1640. The second kappa shape index (κ2) is 8.05. The number of rotatable bonds is 4. The third kappa shape index (κ3) is 3.53. The highest BCUT2D eigenvalue weighted by molar-refractivity contribution is 6.07. The smallest absolute Gasteiger partial charge is 0.291 e. The van der Waals surface area contributed by atoms with E-state index in [1.807, 2.05) is 67.6 Å². The van der Waals surface area contributed by atoms with Crippen molar-refractivity contribution in [2.45, 2.75) is 6.92 Å². The summed E-state index contributed by atoms with van der Waals surface area (Å²) < 4.78 is 11.7. The van der Waals surface area contributed by atoms with Gasteiger partial charge in [0.25, 0.3) is 5.91 Å². The molecule has 0 unspecified atom stereocenters. The molecule has 0 saturated carbocycles. The molecule has 2 aromatic heterocycles. The van der Waals surface area contributed by atoms with E-state index in [4.69, 9.17) is 8.83 Å². The fraction of sp³-hybridized carbons (Fsp3) is 0.0345. The number of hydrogen-bond donors (Lipinski definition) is 1. The summed E-state index contributed by atoms with van der Waals surface area (Å²) in [6.45, 7) is 1.89. The molecule has 0 fully saturated rings. The number of aromatic nitrogens is 1. The van der Waals surface area contributed by atoms with Crippen LogP contribution in [0.3, 0.4) is 0 Å². The number of oxazole rings is 1. The number of hydrogen-bond acceptors (Lipinski definition) is 4. The SMILES string of the molecule is Cc1c(C(=O)Nc2ccc3oc(-c4ccc(-c5ccccc5)cc4)nc3c2)oc2ccccc12. The van der Waals surface area contributed by atoms with Crippen LogP contribution in [-0.2, 0) is 0 Å². The third-order valence-electron chi connectivity index (χ3n) is 5.93. The molecule has 0 aliphatic carbocycles. The molecule has 1 amide bonds. The van der Waals surface area contributed by atoms with E-state index < -0.39 is 0 Å². The van der Waals surface area contributed by atoms with Crippen molar-refractivity contribution >= 4 is 33.7 Å². The van der Waals surface area contributed by atoms with Crippen molar-refractivity contribution in [1.82, 2.24) is 4.98 Å². The number of nitrogens with zero attached hydrogens (tertiary/aromatic N) is 1. The molecule has 2 heterocycles. The number of nitrogens with one attached hydrogen (secondary N) is 1. The lowest BCUT2D eigenvalue weighted by Crippen LogP contribution is -2.12. The van der Waals surface area contributed by atoms with Crippen molar-refractivity contribution in [2.24, 2.45) is 0 Å². The zero-order chi connectivity index (χ0) is 23.1. The molecule has 0 bridgehead atoms. The lowest BCUT2D eigenvalue weighted by atomic mass is 10.0. The van der Waals surface area contributed by atoms with Crippen molar-refractivity contribution in [3.63, 3.8) is 0 Å². The Balaban J connectivity index is 1.26. The minimum Gasteiger partial charge on any atom is -0.451 e. The fourth-order valence-corrected chi connectivity index (χ4v) is 4.14. The van der Waals surface area contributed by atoms with Crippen LogP contribution in [0.2, 0.25) is 0 Å². The van der Waals surface area contributed by atoms with Crippen LogP contribution in [-0.4, -0.2) is 10.9 Å². The summed E-state index contributed by atoms with van der Waals surface area (Å²) in [5, 5.41) is 3.85. The summed E-state index contributed by atoms with van der Waals surface area (Å²) in [6, 6.07) is 31.4.